The number of methoxy groups -OCH3 is 1. The van der Waals surface area contributed by atoms with Crippen LogP contribution in [0.1, 0.15) is 38.2 Å². The highest BCUT2D eigenvalue weighted by molar-refractivity contribution is 6.30. The van der Waals surface area contributed by atoms with Crippen molar-refractivity contribution in [1.82, 2.24) is 5.32 Å². The van der Waals surface area contributed by atoms with Crippen molar-refractivity contribution in [3.8, 4) is 0 Å². The molecule has 4 heteroatoms. The fourth-order valence-corrected chi connectivity index (χ4v) is 3.42. The molecule has 2 rings (SSSR count). The quantitative estimate of drug-likeness (QED) is 0.858. The molecule has 1 N–H and O–H groups in total. The summed E-state index contributed by atoms with van der Waals surface area (Å²) in [5.41, 5.74) is 0.533. The normalized spacial score (nSPS) is 19.2. The van der Waals surface area contributed by atoms with Gasteiger partial charge in [0.15, 0.2) is 0 Å². The van der Waals surface area contributed by atoms with Gasteiger partial charge in [-0.25, -0.2) is 4.39 Å². The summed E-state index contributed by atoms with van der Waals surface area (Å²) < 4.78 is 19.9. The van der Waals surface area contributed by atoms with Gasteiger partial charge in [0, 0.05) is 18.2 Å². The molecule has 0 amide bonds. The average Bonchev–Trinajstić information content (AvgIpc) is 2.91. The fourth-order valence-electron chi connectivity index (χ4n) is 3.27. The van der Waals surface area contributed by atoms with Crippen LogP contribution in [0.25, 0.3) is 0 Å². The highest BCUT2D eigenvalue weighted by Crippen LogP contribution is 2.37. The van der Waals surface area contributed by atoms with E-state index in [1.54, 1.807) is 19.2 Å². The first-order valence-corrected chi connectivity index (χ1v) is 7.71. The van der Waals surface area contributed by atoms with E-state index in [0.717, 1.165) is 19.4 Å². The number of nitrogens with one attached hydrogen (secondary N) is 1. The molecular formula is C16H23ClFNO. The number of benzene rings is 1. The summed E-state index contributed by atoms with van der Waals surface area (Å²) in [6, 6.07) is 5.04. The maximum Gasteiger partial charge on any atom is 0.127 e. The SMILES string of the molecule is CCNC(Cc1ccc(Cl)cc1F)C1(OC)CCCC1. The van der Waals surface area contributed by atoms with Crippen LogP contribution in [0.15, 0.2) is 18.2 Å². The summed E-state index contributed by atoms with van der Waals surface area (Å²) in [4.78, 5) is 0. The predicted octanol–water partition coefficient (Wildman–Crippen LogP) is 3.96. The molecule has 0 spiro atoms. The molecule has 1 aromatic carbocycles. The van der Waals surface area contributed by atoms with E-state index in [4.69, 9.17) is 16.3 Å². The Bertz CT molecular complexity index is 446. The topological polar surface area (TPSA) is 21.3 Å². The van der Waals surface area contributed by atoms with Gasteiger partial charge in [-0.2, -0.15) is 0 Å². The number of halogens is 2. The van der Waals surface area contributed by atoms with Crippen LogP contribution in [0, 0.1) is 5.82 Å². The van der Waals surface area contributed by atoms with E-state index in [1.807, 2.05) is 0 Å². The molecule has 0 bridgehead atoms. The maximum absolute atomic E-state index is 14.0. The lowest BCUT2D eigenvalue weighted by Crippen LogP contribution is -2.51. The minimum absolute atomic E-state index is 0.135. The van der Waals surface area contributed by atoms with Crippen molar-refractivity contribution in [2.75, 3.05) is 13.7 Å². The van der Waals surface area contributed by atoms with Gasteiger partial charge < -0.3 is 10.1 Å². The standard InChI is InChI=1S/C16H23ClFNO/c1-3-19-15(16(20-2)8-4-5-9-16)10-12-6-7-13(17)11-14(12)18/h6-7,11,15,19H,3-5,8-10H2,1-2H3. The molecule has 20 heavy (non-hydrogen) atoms. The summed E-state index contributed by atoms with van der Waals surface area (Å²) in [5.74, 6) is -0.232. The molecule has 0 saturated heterocycles. The number of hydrogen-bond acceptors (Lipinski definition) is 2. The van der Waals surface area contributed by atoms with Crippen LogP contribution in [0.3, 0.4) is 0 Å². The van der Waals surface area contributed by atoms with E-state index in [1.165, 1.54) is 18.9 Å². The van der Waals surface area contributed by atoms with Gasteiger partial charge in [-0.3, -0.25) is 0 Å². The van der Waals surface area contributed by atoms with Crippen LogP contribution < -0.4 is 5.32 Å². The van der Waals surface area contributed by atoms with E-state index >= 15 is 0 Å². The highest BCUT2D eigenvalue weighted by atomic mass is 35.5. The summed E-state index contributed by atoms with van der Waals surface area (Å²) in [7, 11) is 1.77. The highest BCUT2D eigenvalue weighted by Gasteiger charge is 2.41. The van der Waals surface area contributed by atoms with Gasteiger partial charge in [-0.15, -0.1) is 0 Å². The van der Waals surface area contributed by atoms with E-state index < -0.39 is 0 Å². The van der Waals surface area contributed by atoms with Crippen molar-refractivity contribution in [3.63, 3.8) is 0 Å². The molecule has 1 unspecified atom stereocenters. The average molecular weight is 300 g/mol. The van der Waals surface area contributed by atoms with Gasteiger partial charge in [-0.1, -0.05) is 37.4 Å². The van der Waals surface area contributed by atoms with Crippen molar-refractivity contribution < 1.29 is 9.13 Å². The fraction of sp³-hybridized carbons (Fsp3) is 0.625. The zero-order valence-electron chi connectivity index (χ0n) is 12.2. The Morgan fingerprint density at radius 2 is 2.10 bits per heavy atom. The van der Waals surface area contributed by atoms with E-state index in [0.29, 0.717) is 17.0 Å². The van der Waals surface area contributed by atoms with Crippen molar-refractivity contribution in [1.29, 1.82) is 0 Å². The number of hydrogen-bond donors (Lipinski definition) is 1. The Morgan fingerprint density at radius 3 is 2.65 bits per heavy atom. The first-order valence-electron chi connectivity index (χ1n) is 7.34. The predicted molar refractivity (Wildman–Crippen MR) is 80.8 cm³/mol. The van der Waals surface area contributed by atoms with Gasteiger partial charge in [0.05, 0.1) is 5.60 Å². The molecule has 1 fully saturated rings. The van der Waals surface area contributed by atoms with Crippen LogP contribution in [0.2, 0.25) is 5.02 Å². The third-order valence-electron chi connectivity index (χ3n) is 4.38. The molecule has 1 saturated carbocycles. The second kappa shape index (κ2) is 6.88. The van der Waals surface area contributed by atoms with Gasteiger partial charge in [0.2, 0.25) is 0 Å². The zero-order valence-corrected chi connectivity index (χ0v) is 13.0. The van der Waals surface area contributed by atoms with Crippen LogP contribution in [0.5, 0.6) is 0 Å². The molecule has 1 aliphatic rings. The molecule has 1 aromatic rings. The Labute approximate surface area is 125 Å². The van der Waals surface area contributed by atoms with E-state index in [2.05, 4.69) is 12.2 Å². The van der Waals surface area contributed by atoms with Crippen LogP contribution >= 0.6 is 11.6 Å². The Kier molecular flexibility index (Phi) is 5.42. The van der Waals surface area contributed by atoms with Crippen molar-refractivity contribution in [2.24, 2.45) is 0 Å². The summed E-state index contributed by atoms with van der Waals surface area (Å²) in [6.45, 7) is 2.93. The molecule has 1 atom stereocenters. The molecule has 0 aromatic heterocycles. The lowest BCUT2D eigenvalue weighted by Gasteiger charge is -2.37. The number of ether oxygens (including phenoxy) is 1. The lowest BCUT2D eigenvalue weighted by molar-refractivity contribution is -0.0353. The third-order valence-corrected chi connectivity index (χ3v) is 4.62. The Balaban J connectivity index is 2.20. The lowest BCUT2D eigenvalue weighted by atomic mass is 9.87. The van der Waals surface area contributed by atoms with Crippen LogP contribution in [0.4, 0.5) is 4.39 Å². The first-order chi connectivity index (χ1) is 9.61. The van der Waals surface area contributed by atoms with Crippen molar-refractivity contribution >= 4 is 11.6 Å². The van der Waals surface area contributed by atoms with Crippen LogP contribution in [-0.4, -0.2) is 25.3 Å². The molecule has 0 heterocycles. The van der Waals surface area contributed by atoms with Crippen molar-refractivity contribution in [3.05, 3.63) is 34.6 Å². The molecule has 0 aliphatic heterocycles. The molecular weight excluding hydrogens is 277 g/mol. The minimum atomic E-state index is -0.232. The van der Waals surface area contributed by atoms with E-state index in [-0.39, 0.29) is 17.5 Å². The van der Waals surface area contributed by atoms with Gasteiger partial charge >= 0.3 is 0 Å². The molecule has 0 radical (unpaired) electrons. The molecule has 1 aliphatic carbocycles. The summed E-state index contributed by atoms with van der Waals surface area (Å²) >= 11 is 5.82. The van der Waals surface area contributed by atoms with Gasteiger partial charge in [0.1, 0.15) is 5.82 Å². The first kappa shape index (κ1) is 15.7. The van der Waals surface area contributed by atoms with Crippen molar-refractivity contribution in [2.45, 2.75) is 50.7 Å². The number of rotatable bonds is 6. The Morgan fingerprint density at radius 1 is 1.40 bits per heavy atom. The number of likely N-dealkylation sites (N-methyl/N-ethyl adjacent to an activating group) is 1. The second-order valence-electron chi connectivity index (χ2n) is 5.53. The minimum Gasteiger partial charge on any atom is -0.377 e. The van der Waals surface area contributed by atoms with Crippen LogP contribution in [-0.2, 0) is 11.2 Å². The smallest absolute Gasteiger partial charge is 0.127 e. The summed E-state index contributed by atoms with van der Waals surface area (Å²) in [5, 5.41) is 3.92. The second-order valence-corrected chi connectivity index (χ2v) is 5.96. The third kappa shape index (κ3) is 3.33. The monoisotopic (exact) mass is 299 g/mol. The Hall–Kier alpha value is -0.640. The zero-order chi connectivity index (χ0) is 14.6. The largest absolute Gasteiger partial charge is 0.377 e. The van der Waals surface area contributed by atoms with E-state index in [9.17, 15) is 4.39 Å². The summed E-state index contributed by atoms with van der Waals surface area (Å²) in [6.07, 6.45) is 5.06. The maximum atomic E-state index is 14.0. The van der Waals surface area contributed by atoms with Gasteiger partial charge in [-0.05, 0) is 43.5 Å². The van der Waals surface area contributed by atoms with Gasteiger partial charge in [0.25, 0.3) is 0 Å². The molecule has 112 valence electrons. The molecule has 2 nitrogen and oxygen atoms in total.